The number of carbonyl (C=O) groups excluding carboxylic acids is 2. The molecule has 2 unspecified atom stereocenters. The van der Waals surface area contributed by atoms with Gasteiger partial charge in [-0.3, -0.25) is 9.59 Å². The van der Waals surface area contributed by atoms with Crippen LogP contribution in [-0.4, -0.2) is 23.5 Å². The molecule has 0 fully saturated rings. The molecule has 1 aliphatic rings. The topological polar surface area (TPSA) is 91.6 Å². The summed E-state index contributed by atoms with van der Waals surface area (Å²) < 4.78 is 5.44. The molecule has 6 nitrogen and oxygen atoms in total. The van der Waals surface area contributed by atoms with Gasteiger partial charge in [-0.05, 0) is 38.5 Å². The SMILES string of the molecule is Cc1cc(C(C)(O)CNC(=O)CC2C(=O)Nc3ccccc32)c(C)o1. The number of rotatable bonds is 5. The summed E-state index contributed by atoms with van der Waals surface area (Å²) in [5, 5.41) is 16.2. The molecule has 3 rings (SSSR count). The molecule has 0 spiro atoms. The van der Waals surface area contributed by atoms with Gasteiger partial charge in [0.2, 0.25) is 11.8 Å². The molecule has 1 aliphatic heterocycles. The van der Waals surface area contributed by atoms with Crippen molar-refractivity contribution in [3.8, 4) is 0 Å². The number of benzene rings is 1. The normalized spacial score (nSPS) is 18.4. The Kier molecular flexibility index (Phi) is 4.39. The molecule has 2 amide bonds. The van der Waals surface area contributed by atoms with Crippen molar-refractivity contribution in [2.45, 2.75) is 38.7 Å². The van der Waals surface area contributed by atoms with Crippen molar-refractivity contribution in [1.82, 2.24) is 5.32 Å². The van der Waals surface area contributed by atoms with Crippen molar-refractivity contribution in [2.24, 2.45) is 0 Å². The average molecular weight is 342 g/mol. The highest BCUT2D eigenvalue weighted by molar-refractivity contribution is 6.04. The number of carbonyl (C=O) groups is 2. The lowest BCUT2D eigenvalue weighted by atomic mass is 9.95. The molecular weight excluding hydrogens is 320 g/mol. The van der Waals surface area contributed by atoms with Gasteiger partial charge in [0.15, 0.2) is 0 Å². The first kappa shape index (κ1) is 17.2. The Labute approximate surface area is 146 Å². The van der Waals surface area contributed by atoms with Gasteiger partial charge in [-0.15, -0.1) is 0 Å². The minimum atomic E-state index is -1.24. The lowest BCUT2D eigenvalue weighted by molar-refractivity contribution is -0.126. The lowest BCUT2D eigenvalue weighted by Gasteiger charge is -2.23. The Morgan fingerprint density at radius 1 is 1.36 bits per heavy atom. The number of fused-ring (bicyclic) bond motifs is 1. The highest BCUT2D eigenvalue weighted by atomic mass is 16.3. The highest BCUT2D eigenvalue weighted by Crippen LogP contribution is 2.34. The Morgan fingerprint density at radius 3 is 2.76 bits per heavy atom. The quantitative estimate of drug-likeness (QED) is 0.778. The van der Waals surface area contributed by atoms with Crippen LogP contribution in [0.2, 0.25) is 0 Å². The van der Waals surface area contributed by atoms with Gasteiger partial charge >= 0.3 is 0 Å². The van der Waals surface area contributed by atoms with Gasteiger partial charge in [-0.25, -0.2) is 0 Å². The van der Waals surface area contributed by atoms with E-state index in [0.717, 1.165) is 11.3 Å². The number of nitrogens with one attached hydrogen (secondary N) is 2. The Hall–Kier alpha value is -2.60. The zero-order valence-electron chi connectivity index (χ0n) is 14.6. The van der Waals surface area contributed by atoms with E-state index in [1.165, 1.54) is 0 Å². The van der Waals surface area contributed by atoms with Crippen molar-refractivity contribution in [3.63, 3.8) is 0 Å². The van der Waals surface area contributed by atoms with Crippen LogP contribution >= 0.6 is 0 Å². The first-order chi connectivity index (χ1) is 11.8. The number of hydrogen-bond donors (Lipinski definition) is 3. The van der Waals surface area contributed by atoms with E-state index in [-0.39, 0.29) is 24.8 Å². The van der Waals surface area contributed by atoms with Crippen LogP contribution in [0.15, 0.2) is 34.7 Å². The van der Waals surface area contributed by atoms with E-state index in [0.29, 0.717) is 17.1 Å². The van der Waals surface area contributed by atoms with Crippen molar-refractivity contribution >= 4 is 17.5 Å². The van der Waals surface area contributed by atoms with Crippen LogP contribution in [0, 0.1) is 13.8 Å². The molecule has 25 heavy (non-hydrogen) atoms. The molecule has 0 saturated carbocycles. The first-order valence-electron chi connectivity index (χ1n) is 8.24. The summed E-state index contributed by atoms with van der Waals surface area (Å²) in [4.78, 5) is 24.4. The Balaban J connectivity index is 1.64. The third-order valence-electron chi connectivity index (χ3n) is 4.55. The van der Waals surface area contributed by atoms with Gasteiger partial charge in [0.1, 0.15) is 17.1 Å². The van der Waals surface area contributed by atoms with Crippen molar-refractivity contribution in [1.29, 1.82) is 0 Å². The summed E-state index contributed by atoms with van der Waals surface area (Å²) >= 11 is 0. The van der Waals surface area contributed by atoms with Crippen LogP contribution < -0.4 is 10.6 Å². The number of aryl methyl sites for hydroxylation is 2. The van der Waals surface area contributed by atoms with E-state index in [1.54, 1.807) is 26.8 Å². The summed E-state index contributed by atoms with van der Waals surface area (Å²) in [6.45, 7) is 5.25. The maximum atomic E-state index is 12.3. The van der Waals surface area contributed by atoms with E-state index in [2.05, 4.69) is 10.6 Å². The fourth-order valence-electron chi connectivity index (χ4n) is 3.27. The molecule has 0 aliphatic carbocycles. The molecule has 3 N–H and O–H groups in total. The molecule has 0 bridgehead atoms. The highest BCUT2D eigenvalue weighted by Gasteiger charge is 2.33. The fourth-order valence-corrected chi connectivity index (χ4v) is 3.27. The van der Waals surface area contributed by atoms with Gasteiger partial charge in [0.25, 0.3) is 0 Å². The number of furan rings is 1. The second-order valence-electron chi connectivity index (χ2n) is 6.71. The maximum Gasteiger partial charge on any atom is 0.232 e. The standard InChI is InChI=1S/C19H22N2O4/c1-11-8-15(12(2)25-11)19(3,24)10-20-17(22)9-14-13-6-4-5-7-16(13)21-18(14)23/h4-8,14,24H,9-10H2,1-3H3,(H,20,22)(H,21,23). The van der Waals surface area contributed by atoms with Crippen LogP contribution in [0.3, 0.4) is 0 Å². The second-order valence-corrected chi connectivity index (χ2v) is 6.71. The number of amides is 2. The number of anilines is 1. The molecule has 0 saturated heterocycles. The van der Waals surface area contributed by atoms with E-state index in [9.17, 15) is 14.7 Å². The third-order valence-corrected chi connectivity index (χ3v) is 4.55. The minimum Gasteiger partial charge on any atom is -0.466 e. The Bertz CT molecular complexity index is 823. The lowest BCUT2D eigenvalue weighted by Crippen LogP contribution is -2.39. The molecule has 2 aromatic rings. The molecule has 0 radical (unpaired) electrons. The summed E-state index contributed by atoms with van der Waals surface area (Å²) in [7, 11) is 0. The predicted octanol–water partition coefficient (Wildman–Crippen LogP) is 2.35. The smallest absolute Gasteiger partial charge is 0.232 e. The average Bonchev–Trinajstić information content (AvgIpc) is 3.05. The van der Waals surface area contributed by atoms with Gasteiger partial charge in [0.05, 0.1) is 12.5 Å². The molecule has 1 aromatic heterocycles. The van der Waals surface area contributed by atoms with Crippen molar-refractivity contribution in [2.75, 3.05) is 11.9 Å². The van der Waals surface area contributed by atoms with Gasteiger partial charge < -0.3 is 20.2 Å². The number of para-hydroxylation sites is 1. The monoisotopic (exact) mass is 342 g/mol. The second kappa shape index (κ2) is 6.37. The molecule has 2 atom stereocenters. The molecular formula is C19H22N2O4. The zero-order valence-corrected chi connectivity index (χ0v) is 14.6. The molecule has 6 heteroatoms. The number of aliphatic hydroxyl groups is 1. The van der Waals surface area contributed by atoms with E-state index < -0.39 is 11.5 Å². The fraction of sp³-hybridized carbons (Fsp3) is 0.368. The van der Waals surface area contributed by atoms with Crippen molar-refractivity contribution < 1.29 is 19.1 Å². The van der Waals surface area contributed by atoms with Crippen LogP contribution in [0.4, 0.5) is 5.69 Å². The summed E-state index contributed by atoms with van der Waals surface area (Å²) in [5.41, 5.74) is 0.986. The largest absolute Gasteiger partial charge is 0.466 e. The van der Waals surface area contributed by atoms with E-state index >= 15 is 0 Å². The number of hydrogen-bond acceptors (Lipinski definition) is 4. The third kappa shape index (κ3) is 3.44. The molecule has 132 valence electrons. The van der Waals surface area contributed by atoms with Crippen LogP contribution in [0.5, 0.6) is 0 Å². The van der Waals surface area contributed by atoms with Crippen molar-refractivity contribution in [3.05, 3.63) is 53.0 Å². The van der Waals surface area contributed by atoms with Crippen LogP contribution in [-0.2, 0) is 15.2 Å². The zero-order chi connectivity index (χ0) is 18.2. The Morgan fingerprint density at radius 2 is 2.08 bits per heavy atom. The van der Waals surface area contributed by atoms with E-state index in [1.807, 2.05) is 24.3 Å². The predicted molar refractivity (Wildman–Crippen MR) is 93.2 cm³/mol. The van der Waals surface area contributed by atoms with Gasteiger partial charge in [-0.2, -0.15) is 0 Å². The van der Waals surface area contributed by atoms with Crippen LogP contribution in [0.25, 0.3) is 0 Å². The van der Waals surface area contributed by atoms with Gasteiger partial charge in [0, 0.05) is 17.7 Å². The summed E-state index contributed by atoms with van der Waals surface area (Å²) in [6.07, 6.45) is 0.0440. The van der Waals surface area contributed by atoms with Crippen LogP contribution in [0.1, 0.15) is 41.9 Å². The minimum absolute atomic E-state index is 0.0433. The van der Waals surface area contributed by atoms with E-state index in [4.69, 9.17) is 4.42 Å². The maximum absolute atomic E-state index is 12.3. The van der Waals surface area contributed by atoms with Gasteiger partial charge in [-0.1, -0.05) is 18.2 Å². The summed E-state index contributed by atoms with van der Waals surface area (Å²) in [5.74, 6) is 0.373. The molecule has 1 aromatic carbocycles. The first-order valence-corrected chi connectivity index (χ1v) is 8.24. The molecule has 2 heterocycles. The summed E-state index contributed by atoms with van der Waals surface area (Å²) in [6, 6.07) is 9.12.